The Bertz CT molecular complexity index is 1510. The second-order valence-electron chi connectivity index (χ2n) is 8.82. The van der Waals surface area contributed by atoms with Gasteiger partial charge in [0.2, 0.25) is 0 Å². The normalized spacial score (nSPS) is 13.7. The highest BCUT2D eigenvalue weighted by atomic mass is 19.4. The average molecular weight is 543 g/mol. The van der Waals surface area contributed by atoms with Crippen LogP contribution in [0.1, 0.15) is 16.1 Å². The van der Waals surface area contributed by atoms with E-state index < -0.39 is 30.0 Å². The number of hydrogen-bond acceptors (Lipinski definition) is 7. The predicted molar refractivity (Wildman–Crippen MR) is 132 cm³/mol. The summed E-state index contributed by atoms with van der Waals surface area (Å²) in [6, 6.07) is 13.3. The van der Waals surface area contributed by atoms with Gasteiger partial charge in [0, 0.05) is 11.9 Å². The van der Waals surface area contributed by atoms with Crippen LogP contribution in [0.4, 0.5) is 29.1 Å². The van der Waals surface area contributed by atoms with Crippen molar-refractivity contribution < 1.29 is 36.6 Å². The number of esters is 1. The SMILES string of the molecule is COc1ccc(Cn2c(C(=O)Nc3ccc(N4CC(OC(=O)C(F)(F)F)C4)nc3)cc3cc(F)cnc32)cc1. The van der Waals surface area contributed by atoms with Crippen molar-refractivity contribution in [3.05, 3.63) is 78.0 Å². The van der Waals surface area contributed by atoms with Gasteiger partial charge >= 0.3 is 12.1 Å². The number of halogens is 4. The predicted octanol–water partition coefficient (Wildman–Crippen LogP) is 4.17. The summed E-state index contributed by atoms with van der Waals surface area (Å²) in [6.07, 6.45) is -3.44. The minimum absolute atomic E-state index is 0.0650. The number of rotatable bonds is 7. The summed E-state index contributed by atoms with van der Waals surface area (Å²) in [5.41, 5.74) is 1.92. The first-order valence-corrected chi connectivity index (χ1v) is 11.7. The summed E-state index contributed by atoms with van der Waals surface area (Å²) in [5.74, 6) is -2.10. The number of hydrogen-bond donors (Lipinski definition) is 1. The highest BCUT2D eigenvalue weighted by molar-refractivity contribution is 6.06. The zero-order valence-electron chi connectivity index (χ0n) is 20.4. The van der Waals surface area contributed by atoms with E-state index in [1.54, 1.807) is 46.9 Å². The lowest BCUT2D eigenvalue weighted by Gasteiger charge is -2.39. The fourth-order valence-corrected chi connectivity index (χ4v) is 4.14. The van der Waals surface area contributed by atoms with E-state index in [2.05, 4.69) is 20.0 Å². The topological polar surface area (TPSA) is 98.6 Å². The highest BCUT2D eigenvalue weighted by Gasteiger charge is 2.44. The van der Waals surface area contributed by atoms with Crippen LogP contribution in [0.3, 0.4) is 0 Å². The fourth-order valence-electron chi connectivity index (χ4n) is 4.14. The molecule has 0 saturated carbocycles. The zero-order chi connectivity index (χ0) is 27.7. The maximum atomic E-state index is 13.8. The van der Waals surface area contributed by atoms with Crippen LogP contribution in [-0.2, 0) is 16.1 Å². The number of aromatic nitrogens is 3. The van der Waals surface area contributed by atoms with Crippen molar-refractivity contribution >= 4 is 34.4 Å². The van der Waals surface area contributed by atoms with E-state index in [0.29, 0.717) is 34.8 Å². The molecule has 0 radical (unpaired) electrons. The van der Waals surface area contributed by atoms with Crippen LogP contribution in [0, 0.1) is 5.82 Å². The highest BCUT2D eigenvalue weighted by Crippen LogP contribution is 2.26. The second kappa shape index (κ2) is 10.2. The van der Waals surface area contributed by atoms with E-state index in [0.717, 1.165) is 11.8 Å². The Morgan fingerprint density at radius 2 is 1.79 bits per heavy atom. The van der Waals surface area contributed by atoms with Gasteiger partial charge in [-0.25, -0.2) is 19.2 Å². The van der Waals surface area contributed by atoms with Gasteiger partial charge in [0.15, 0.2) is 0 Å². The number of ether oxygens (including phenoxy) is 2. The second-order valence-corrected chi connectivity index (χ2v) is 8.82. The van der Waals surface area contributed by atoms with E-state index >= 15 is 0 Å². The number of nitrogens with one attached hydrogen (secondary N) is 1. The van der Waals surface area contributed by atoms with Crippen LogP contribution < -0.4 is 15.0 Å². The third kappa shape index (κ3) is 5.61. The van der Waals surface area contributed by atoms with Crippen LogP contribution in [0.15, 0.2) is 60.9 Å². The number of amides is 1. The number of carbonyl (C=O) groups is 2. The van der Waals surface area contributed by atoms with Gasteiger partial charge in [-0.3, -0.25) is 4.79 Å². The quantitative estimate of drug-likeness (QED) is 0.276. The molecule has 39 heavy (non-hydrogen) atoms. The van der Waals surface area contributed by atoms with Crippen molar-refractivity contribution in [2.24, 2.45) is 0 Å². The molecule has 9 nitrogen and oxygen atoms in total. The summed E-state index contributed by atoms with van der Waals surface area (Å²) < 4.78 is 62.1. The van der Waals surface area contributed by atoms with E-state index in [4.69, 9.17) is 4.74 Å². The molecule has 4 heterocycles. The molecule has 0 spiro atoms. The number of anilines is 2. The summed E-state index contributed by atoms with van der Waals surface area (Å²) >= 11 is 0. The number of nitrogens with zero attached hydrogens (tertiary/aromatic N) is 4. The molecule has 5 rings (SSSR count). The number of fused-ring (bicyclic) bond motifs is 1. The molecule has 3 aromatic heterocycles. The summed E-state index contributed by atoms with van der Waals surface area (Å²) in [7, 11) is 1.56. The lowest BCUT2D eigenvalue weighted by Crippen LogP contribution is -2.54. The Labute approximate surface area is 219 Å². The first-order chi connectivity index (χ1) is 18.6. The number of carbonyl (C=O) groups excluding carboxylic acids is 2. The molecule has 0 unspecified atom stereocenters. The van der Waals surface area contributed by atoms with Crippen LogP contribution in [0.5, 0.6) is 5.75 Å². The molecule has 13 heteroatoms. The van der Waals surface area contributed by atoms with Gasteiger partial charge in [-0.1, -0.05) is 12.1 Å². The molecule has 4 aromatic rings. The van der Waals surface area contributed by atoms with E-state index in [1.807, 2.05) is 12.1 Å². The smallest absolute Gasteiger partial charge is 0.490 e. The Kier molecular flexibility index (Phi) is 6.81. The van der Waals surface area contributed by atoms with Gasteiger partial charge < -0.3 is 24.3 Å². The lowest BCUT2D eigenvalue weighted by molar-refractivity contribution is -0.205. The van der Waals surface area contributed by atoms with Gasteiger partial charge in [0.1, 0.15) is 34.8 Å². The van der Waals surface area contributed by atoms with Gasteiger partial charge in [-0.05, 0) is 42.0 Å². The average Bonchev–Trinajstić information content (AvgIpc) is 3.23. The monoisotopic (exact) mass is 543 g/mol. The molecule has 1 N–H and O–H groups in total. The third-order valence-electron chi connectivity index (χ3n) is 6.12. The fraction of sp³-hybridized carbons (Fsp3) is 0.231. The van der Waals surface area contributed by atoms with Gasteiger partial charge in [0.25, 0.3) is 5.91 Å². The molecule has 1 aliphatic heterocycles. The van der Waals surface area contributed by atoms with Crippen molar-refractivity contribution in [2.45, 2.75) is 18.8 Å². The number of alkyl halides is 3. The summed E-state index contributed by atoms with van der Waals surface area (Å²) in [5, 5.41) is 3.21. The van der Waals surface area contributed by atoms with Crippen LogP contribution in [-0.4, -0.2) is 58.9 Å². The Morgan fingerprint density at radius 1 is 1.05 bits per heavy atom. The Balaban J connectivity index is 1.29. The maximum absolute atomic E-state index is 13.8. The standard InChI is InChI=1S/C26H21F4N5O4/c1-38-19-5-2-15(3-6-19)12-35-21(9-16-8-17(27)10-32-23(16)35)24(36)33-18-4-7-22(31-11-18)34-13-20(14-34)39-25(37)26(28,29)30/h2-11,20H,12-14H2,1H3,(H,33,36). The number of pyridine rings is 2. The number of benzene rings is 1. The molecule has 0 aliphatic carbocycles. The van der Waals surface area contributed by atoms with E-state index in [9.17, 15) is 27.2 Å². The van der Waals surface area contributed by atoms with E-state index in [1.165, 1.54) is 12.3 Å². The van der Waals surface area contributed by atoms with Gasteiger partial charge in [-0.2, -0.15) is 13.2 Å². The van der Waals surface area contributed by atoms with Crippen molar-refractivity contribution in [2.75, 3.05) is 30.4 Å². The molecular formula is C26H21F4N5O4. The summed E-state index contributed by atoms with van der Waals surface area (Å²) in [6.45, 7) is 0.423. The van der Waals surface area contributed by atoms with Crippen LogP contribution in [0.25, 0.3) is 11.0 Å². The molecule has 0 bridgehead atoms. The molecule has 202 valence electrons. The van der Waals surface area contributed by atoms with Crippen LogP contribution in [0.2, 0.25) is 0 Å². The number of methoxy groups -OCH3 is 1. The molecule has 0 atom stereocenters. The third-order valence-corrected chi connectivity index (χ3v) is 6.12. The minimum Gasteiger partial charge on any atom is -0.497 e. The Hall–Kier alpha value is -4.68. The maximum Gasteiger partial charge on any atom is 0.490 e. The Morgan fingerprint density at radius 3 is 2.44 bits per heavy atom. The zero-order valence-corrected chi connectivity index (χ0v) is 20.4. The molecule has 1 aliphatic rings. The molecular weight excluding hydrogens is 522 g/mol. The van der Waals surface area contributed by atoms with Crippen molar-refractivity contribution in [1.82, 2.24) is 14.5 Å². The molecule has 1 aromatic carbocycles. The van der Waals surface area contributed by atoms with Crippen molar-refractivity contribution in [3.63, 3.8) is 0 Å². The summed E-state index contributed by atoms with van der Waals surface area (Å²) in [4.78, 5) is 34.2. The molecule has 1 saturated heterocycles. The van der Waals surface area contributed by atoms with Gasteiger partial charge in [0.05, 0.1) is 38.3 Å². The van der Waals surface area contributed by atoms with Crippen LogP contribution >= 0.6 is 0 Å². The molecule has 1 fully saturated rings. The first-order valence-electron chi connectivity index (χ1n) is 11.7. The first kappa shape index (κ1) is 25.9. The minimum atomic E-state index is -5.04. The van der Waals surface area contributed by atoms with Crippen molar-refractivity contribution in [3.8, 4) is 5.75 Å². The lowest BCUT2D eigenvalue weighted by atomic mass is 10.1. The van der Waals surface area contributed by atoms with Crippen molar-refractivity contribution in [1.29, 1.82) is 0 Å². The van der Waals surface area contributed by atoms with E-state index in [-0.39, 0.29) is 18.8 Å². The largest absolute Gasteiger partial charge is 0.497 e. The molecule has 1 amide bonds. The van der Waals surface area contributed by atoms with Gasteiger partial charge in [-0.15, -0.1) is 0 Å².